The van der Waals surface area contributed by atoms with E-state index in [1.165, 1.54) is 0 Å². The number of nitrogens with zero attached hydrogens (tertiary/aromatic N) is 1. The third-order valence-electron chi connectivity index (χ3n) is 2.79. The third-order valence-corrected chi connectivity index (χ3v) is 2.79. The molecule has 5 nitrogen and oxygen atoms in total. The van der Waals surface area contributed by atoms with Crippen molar-refractivity contribution in [3.05, 3.63) is 24.3 Å². The SMILES string of the molecule is COCCNCC(=O)N1CCOc2ccccc21.Cl. The second-order valence-corrected chi connectivity index (χ2v) is 4.03. The molecule has 0 bridgehead atoms. The summed E-state index contributed by atoms with van der Waals surface area (Å²) in [6.45, 7) is 2.74. The molecule has 1 aromatic carbocycles. The number of nitrogens with one attached hydrogen (secondary N) is 1. The van der Waals surface area contributed by atoms with Crippen LogP contribution in [-0.2, 0) is 9.53 Å². The molecule has 106 valence electrons. The molecule has 0 fully saturated rings. The van der Waals surface area contributed by atoms with Crippen LogP contribution in [-0.4, -0.2) is 45.9 Å². The van der Waals surface area contributed by atoms with E-state index < -0.39 is 0 Å². The smallest absolute Gasteiger partial charge is 0.241 e. The molecule has 1 amide bonds. The van der Waals surface area contributed by atoms with Crippen LogP contribution in [0.1, 0.15) is 0 Å². The Morgan fingerprint density at radius 1 is 1.47 bits per heavy atom. The fraction of sp³-hybridized carbons (Fsp3) is 0.462. The average molecular weight is 287 g/mol. The first-order valence-corrected chi connectivity index (χ1v) is 6.05. The number of benzene rings is 1. The van der Waals surface area contributed by atoms with Gasteiger partial charge in [0, 0.05) is 13.7 Å². The summed E-state index contributed by atoms with van der Waals surface area (Å²) >= 11 is 0. The van der Waals surface area contributed by atoms with Gasteiger partial charge in [0.15, 0.2) is 0 Å². The lowest BCUT2D eigenvalue weighted by molar-refractivity contribution is -0.118. The van der Waals surface area contributed by atoms with Crippen molar-refractivity contribution in [3.8, 4) is 5.75 Å². The maximum Gasteiger partial charge on any atom is 0.241 e. The van der Waals surface area contributed by atoms with E-state index in [0.29, 0.717) is 32.8 Å². The Bertz CT molecular complexity index is 415. The first-order valence-electron chi connectivity index (χ1n) is 6.05. The normalized spacial score (nSPS) is 13.2. The summed E-state index contributed by atoms with van der Waals surface area (Å²) in [5.74, 6) is 0.829. The van der Waals surface area contributed by atoms with Crippen LogP contribution >= 0.6 is 12.4 Å². The molecule has 0 atom stereocenters. The summed E-state index contributed by atoms with van der Waals surface area (Å²) in [7, 11) is 1.64. The van der Waals surface area contributed by atoms with Gasteiger partial charge in [0.25, 0.3) is 0 Å². The van der Waals surface area contributed by atoms with Crippen molar-refractivity contribution >= 4 is 24.0 Å². The number of carbonyl (C=O) groups is 1. The van der Waals surface area contributed by atoms with Gasteiger partial charge in [-0.1, -0.05) is 12.1 Å². The zero-order valence-corrected chi connectivity index (χ0v) is 11.7. The zero-order chi connectivity index (χ0) is 12.8. The summed E-state index contributed by atoms with van der Waals surface area (Å²) < 4.78 is 10.4. The van der Waals surface area contributed by atoms with E-state index >= 15 is 0 Å². The molecule has 0 radical (unpaired) electrons. The number of para-hydroxylation sites is 2. The van der Waals surface area contributed by atoms with Gasteiger partial charge in [-0.2, -0.15) is 0 Å². The van der Waals surface area contributed by atoms with Gasteiger partial charge in [-0.25, -0.2) is 0 Å². The quantitative estimate of drug-likeness (QED) is 0.823. The number of hydrogen-bond acceptors (Lipinski definition) is 4. The van der Waals surface area contributed by atoms with Gasteiger partial charge in [0.2, 0.25) is 5.91 Å². The van der Waals surface area contributed by atoms with Crippen LogP contribution in [0.5, 0.6) is 5.75 Å². The highest BCUT2D eigenvalue weighted by Crippen LogP contribution is 2.30. The van der Waals surface area contributed by atoms with E-state index in [1.54, 1.807) is 12.0 Å². The highest BCUT2D eigenvalue weighted by Gasteiger charge is 2.22. The van der Waals surface area contributed by atoms with Crippen molar-refractivity contribution in [2.75, 3.05) is 44.9 Å². The molecule has 1 aromatic rings. The lowest BCUT2D eigenvalue weighted by Gasteiger charge is -2.29. The van der Waals surface area contributed by atoms with Crippen LogP contribution < -0.4 is 15.0 Å². The van der Waals surface area contributed by atoms with E-state index in [4.69, 9.17) is 9.47 Å². The van der Waals surface area contributed by atoms with E-state index in [1.807, 2.05) is 24.3 Å². The summed E-state index contributed by atoms with van der Waals surface area (Å²) in [6, 6.07) is 7.60. The first kappa shape index (κ1) is 15.8. The number of carbonyl (C=O) groups excluding carboxylic acids is 1. The Kier molecular flexibility index (Phi) is 6.62. The number of halogens is 1. The van der Waals surface area contributed by atoms with Crippen LogP contribution in [0.3, 0.4) is 0 Å². The minimum absolute atomic E-state index is 0. The molecule has 1 N–H and O–H groups in total. The minimum atomic E-state index is 0. The molecule has 1 aliphatic heterocycles. The molecule has 19 heavy (non-hydrogen) atoms. The third kappa shape index (κ3) is 4.09. The molecule has 0 unspecified atom stereocenters. The van der Waals surface area contributed by atoms with Gasteiger partial charge in [-0.05, 0) is 12.1 Å². The molecule has 2 rings (SSSR count). The highest BCUT2D eigenvalue weighted by molar-refractivity contribution is 5.96. The Balaban J connectivity index is 0.00000180. The molecule has 0 saturated heterocycles. The molecular formula is C13H19ClN2O3. The van der Waals surface area contributed by atoms with Crippen molar-refractivity contribution in [1.29, 1.82) is 0 Å². The Hall–Kier alpha value is -1.30. The van der Waals surface area contributed by atoms with Gasteiger partial charge >= 0.3 is 0 Å². The maximum absolute atomic E-state index is 12.1. The van der Waals surface area contributed by atoms with E-state index in [2.05, 4.69) is 5.32 Å². The standard InChI is InChI=1S/C13H18N2O3.ClH/c1-17-8-6-14-10-13(16)15-7-9-18-12-5-3-2-4-11(12)15;/h2-5,14H,6-10H2,1H3;1H. The Morgan fingerprint density at radius 3 is 3.05 bits per heavy atom. The predicted molar refractivity (Wildman–Crippen MR) is 76.3 cm³/mol. The van der Waals surface area contributed by atoms with Crippen LogP contribution in [0.4, 0.5) is 5.69 Å². The van der Waals surface area contributed by atoms with Gasteiger partial charge < -0.3 is 19.7 Å². The zero-order valence-electron chi connectivity index (χ0n) is 10.9. The number of amides is 1. The van der Waals surface area contributed by atoms with Crippen LogP contribution in [0, 0.1) is 0 Å². The number of anilines is 1. The average Bonchev–Trinajstić information content (AvgIpc) is 2.43. The number of ether oxygens (including phenoxy) is 2. The van der Waals surface area contributed by atoms with Crippen LogP contribution in [0.25, 0.3) is 0 Å². The summed E-state index contributed by atoms with van der Waals surface area (Å²) in [5, 5.41) is 3.06. The van der Waals surface area contributed by atoms with Gasteiger partial charge in [-0.15, -0.1) is 12.4 Å². The fourth-order valence-corrected chi connectivity index (χ4v) is 1.89. The van der Waals surface area contributed by atoms with Crippen molar-refractivity contribution in [1.82, 2.24) is 5.32 Å². The summed E-state index contributed by atoms with van der Waals surface area (Å²) in [6.07, 6.45) is 0. The first-order chi connectivity index (χ1) is 8.83. The predicted octanol–water partition coefficient (Wildman–Crippen LogP) is 1.07. The van der Waals surface area contributed by atoms with Crippen molar-refractivity contribution in [2.24, 2.45) is 0 Å². The minimum Gasteiger partial charge on any atom is -0.490 e. The van der Waals surface area contributed by atoms with Crippen molar-refractivity contribution in [3.63, 3.8) is 0 Å². The number of rotatable bonds is 5. The molecule has 1 aliphatic rings. The molecular weight excluding hydrogens is 268 g/mol. The molecule has 0 saturated carbocycles. The lowest BCUT2D eigenvalue weighted by atomic mass is 10.2. The molecule has 1 heterocycles. The van der Waals surface area contributed by atoms with Crippen molar-refractivity contribution < 1.29 is 14.3 Å². The van der Waals surface area contributed by atoms with E-state index in [-0.39, 0.29) is 18.3 Å². The maximum atomic E-state index is 12.1. The summed E-state index contributed by atoms with van der Waals surface area (Å²) in [5.41, 5.74) is 0.849. The Labute approximate surface area is 119 Å². The second kappa shape index (κ2) is 7.99. The topological polar surface area (TPSA) is 50.8 Å². The highest BCUT2D eigenvalue weighted by atomic mass is 35.5. The van der Waals surface area contributed by atoms with E-state index in [0.717, 1.165) is 11.4 Å². The number of fused-ring (bicyclic) bond motifs is 1. The fourth-order valence-electron chi connectivity index (χ4n) is 1.89. The largest absolute Gasteiger partial charge is 0.490 e. The lowest BCUT2D eigenvalue weighted by Crippen LogP contribution is -2.43. The number of hydrogen-bond donors (Lipinski definition) is 1. The number of methoxy groups -OCH3 is 1. The second-order valence-electron chi connectivity index (χ2n) is 4.03. The molecule has 0 spiro atoms. The van der Waals surface area contributed by atoms with E-state index in [9.17, 15) is 4.79 Å². The van der Waals surface area contributed by atoms with Gasteiger partial charge in [-0.3, -0.25) is 4.79 Å². The van der Waals surface area contributed by atoms with Crippen molar-refractivity contribution in [2.45, 2.75) is 0 Å². The molecule has 0 aliphatic carbocycles. The monoisotopic (exact) mass is 286 g/mol. The van der Waals surface area contributed by atoms with Crippen LogP contribution in [0.2, 0.25) is 0 Å². The molecule has 6 heteroatoms. The van der Waals surface area contributed by atoms with Crippen LogP contribution in [0.15, 0.2) is 24.3 Å². The summed E-state index contributed by atoms with van der Waals surface area (Å²) in [4.78, 5) is 13.9. The van der Waals surface area contributed by atoms with Gasteiger partial charge in [0.1, 0.15) is 12.4 Å². The van der Waals surface area contributed by atoms with Gasteiger partial charge in [0.05, 0.1) is 25.4 Å². The Morgan fingerprint density at radius 2 is 2.26 bits per heavy atom. The molecule has 0 aromatic heterocycles.